The zero-order chi connectivity index (χ0) is 13.2. The van der Waals surface area contributed by atoms with Crippen LogP contribution in [0.4, 0.5) is 0 Å². The van der Waals surface area contributed by atoms with Gasteiger partial charge in [0.1, 0.15) is 0 Å². The molecule has 0 saturated heterocycles. The number of hydrogen-bond acceptors (Lipinski definition) is 1. The molecule has 1 rings (SSSR count). The van der Waals surface area contributed by atoms with Crippen LogP contribution < -0.4 is 5.32 Å². The van der Waals surface area contributed by atoms with Crippen LogP contribution in [-0.4, -0.2) is 12.5 Å². The molecule has 0 bridgehead atoms. The van der Waals surface area contributed by atoms with Crippen molar-refractivity contribution in [1.29, 1.82) is 0 Å². The first-order valence-electron chi connectivity index (χ1n) is 6.75. The van der Waals surface area contributed by atoms with E-state index >= 15 is 0 Å². The van der Waals surface area contributed by atoms with E-state index in [4.69, 9.17) is 0 Å². The van der Waals surface area contributed by atoms with Crippen molar-refractivity contribution in [3.05, 3.63) is 41.5 Å². The van der Waals surface area contributed by atoms with Crippen LogP contribution in [0.1, 0.15) is 43.7 Å². The molecule has 0 radical (unpaired) electrons. The molecule has 0 saturated carbocycles. The predicted molar refractivity (Wildman–Crippen MR) is 77.4 cm³/mol. The fourth-order valence-corrected chi connectivity index (χ4v) is 1.67. The standard InChI is InChI=1S/C16H23NO/c1-3-4-5-6-13-17-16(18)12-11-15-9-7-14(2)8-10-15/h7-12H,3-6,13H2,1-2H3,(H,17,18)/b12-11+. The van der Waals surface area contributed by atoms with Crippen LogP contribution in [0.25, 0.3) is 6.08 Å². The second-order valence-corrected chi connectivity index (χ2v) is 4.60. The van der Waals surface area contributed by atoms with Crippen molar-refractivity contribution < 1.29 is 4.79 Å². The minimum Gasteiger partial charge on any atom is -0.353 e. The van der Waals surface area contributed by atoms with E-state index in [1.807, 2.05) is 30.3 Å². The summed E-state index contributed by atoms with van der Waals surface area (Å²) in [7, 11) is 0. The van der Waals surface area contributed by atoms with Crippen LogP contribution in [0.2, 0.25) is 0 Å². The quantitative estimate of drug-likeness (QED) is 0.576. The van der Waals surface area contributed by atoms with Gasteiger partial charge >= 0.3 is 0 Å². The molecule has 2 nitrogen and oxygen atoms in total. The molecule has 0 aromatic heterocycles. The molecule has 0 fully saturated rings. The van der Waals surface area contributed by atoms with Gasteiger partial charge in [0.15, 0.2) is 0 Å². The molecule has 0 heterocycles. The number of aryl methyl sites for hydroxylation is 1. The lowest BCUT2D eigenvalue weighted by molar-refractivity contribution is -0.116. The van der Waals surface area contributed by atoms with Crippen LogP contribution >= 0.6 is 0 Å². The van der Waals surface area contributed by atoms with Crippen LogP contribution in [0.3, 0.4) is 0 Å². The molecule has 0 atom stereocenters. The molecule has 1 aromatic carbocycles. The fraction of sp³-hybridized carbons (Fsp3) is 0.438. The molecule has 1 amide bonds. The number of hydrogen-bond donors (Lipinski definition) is 1. The largest absolute Gasteiger partial charge is 0.353 e. The Hall–Kier alpha value is -1.57. The summed E-state index contributed by atoms with van der Waals surface area (Å²) in [6, 6.07) is 8.12. The van der Waals surface area contributed by atoms with Crippen LogP contribution in [0.15, 0.2) is 30.3 Å². The van der Waals surface area contributed by atoms with Gasteiger partial charge in [0.25, 0.3) is 0 Å². The average Bonchev–Trinajstić information content (AvgIpc) is 2.38. The zero-order valence-corrected chi connectivity index (χ0v) is 11.4. The van der Waals surface area contributed by atoms with E-state index in [-0.39, 0.29) is 5.91 Å². The first-order valence-corrected chi connectivity index (χ1v) is 6.75. The summed E-state index contributed by atoms with van der Waals surface area (Å²) in [5, 5.41) is 2.90. The Morgan fingerprint density at radius 2 is 1.89 bits per heavy atom. The monoisotopic (exact) mass is 245 g/mol. The number of amides is 1. The molecule has 0 aliphatic heterocycles. The Morgan fingerprint density at radius 1 is 1.17 bits per heavy atom. The summed E-state index contributed by atoms with van der Waals surface area (Å²) in [5.74, 6) is -0.00734. The van der Waals surface area contributed by atoms with Crippen molar-refractivity contribution in [3.63, 3.8) is 0 Å². The van der Waals surface area contributed by atoms with E-state index in [1.54, 1.807) is 6.08 Å². The zero-order valence-electron chi connectivity index (χ0n) is 11.4. The van der Waals surface area contributed by atoms with Crippen molar-refractivity contribution in [2.75, 3.05) is 6.54 Å². The van der Waals surface area contributed by atoms with Gasteiger partial charge in [0.05, 0.1) is 0 Å². The highest BCUT2D eigenvalue weighted by molar-refractivity contribution is 5.91. The lowest BCUT2D eigenvalue weighted by Gasteiger charge is -2.01. The van der Waals surface area contributed by atoms with Gasteiger partial charge in [0, 0.05) is 12.6 Å². The summed E-state index contributed by atoms with van der Waals surface area (Å²) >= 11 is 0. The summed E-state index contributed by atoms with van der Waals surface area (Å²) in [6.07, 6.45) is 8.18. The van der Waals surface area contributed by atoms with Gasteiger partial charge in [-0.05, 0) is 25.0 Å². The Kier molecular flexibility index (Phi) is 6.85. The predicted octanol–water partition coefficient (Wildman–Crippen LogP) is 3.70. The summed E-state index contributed by atoms with van der Waals surface area (Å²) in [4.78, 5) is 11.5. The van der Waals surface area contributed by atoms with Crippen molar-refractivity contribution >= 4 is 12.0 Å². The molecule has 2 heteroatoms. The van der Waals surface area contributed by atoms with Gasteiger partial charge < -0.3 is 5.32 Å². The highest BCUT2D eigenvalue weighted by Gasteiger charge is 1.94. The minimum absolute atomic E-state index is 0.00734. The summed E-state index contributed by atoms with van der Waals surface area (Å²) in [6.45, 7) is 5.01. The number of carbonyl (C=O) groups is 1. The lowest BCUT2D eigenvalue weighted by atomic mass is 10.1. The SMILES string of the molecule is CCCCCCNC(=O)/C=C/c1ccc(C)cc1. The molecule has 0 aliphatic rings. The first kappa shape index (κ1) is 14.5. The van der Waals surface area contributed by atoms with E-state index < -0.39 is 0 Å². The number of nitrogens with one attached hydrogen (secondary N) is 1. The van der Waals surface area contributed by atoms with E-state index in [0.717, 1.165) is 18.5 Å². The summed E-state index contributed by atoms with van der Waals surface area (Å²) < 4.78 is 0. The smallest absolute Gasteiger partial charge is 0.243 e. The van der Waals surface area contributed by atoms with Gasteiger partial charge in [-0.3, -0.25) is 4.79 Å². The molecule has 0 aliphatic carbocycles. The number of rotatable bonds is 7. The Morgan fingerprint density at radius 3 is 2.56 bits per heavy atom. The Labute approximate surface area is 110 Å². The van der Waals surface area contributed by atoms with Gasteiger partial charge in [-0.25, -0.2) is 0 Å². The molecular formula is C16H23NO. The van der Waals surface area contributed by atoms with Crippen LogP contribution in [-0.2, 0) is 4.79 Å². The van der Waals surface area contributed by atoms with Gasteiger partial charge in [0.2, 0.25) is 5.91 Å². The molecule has 18 heavy (non-hydrogen) atoms. The molecule has 0 spiro atoms. The minimum atomic E-state index is -0.00734. The molecule has 98 valence electrons. The third-order valence-electron chi connectivity index (χ3n) is 2.83. The second kappa shape index (κ2) is 8.51. The Balaban J connectivity index is 2.25. The third-order valence-corrected chi connectivity index (χ3v) is 2.83. The lowest BCUT2D eigenvalue weighted by Crippen LogP contribution is -2.21. The normalized spacial score (nSPS) is 10.8. The summed E-state index contributed by atoms with van der Waals surface area (Å²) in [5.41, 5.74) is 2.29. The van der Waals surface area contributed by atoms with Gasteiger partial charge in [-0.1, -0.05) is 56.0 Å². The highest BCUT2D eigenvalue weighted by Crippen LogP contribution is 2.04. The maximum atomic E-state index is 11.5. The van der Waals surface area contributed by atoms with E-state index in [0.29, 0.717) is 0 Å². The number of benzene rings is 1. The van der Waals surface area contributed by atoms with Crippen molar-refractivity contribution in [2.45, 2.75) is 39.5 Å². The second-order valence-electron chi connectivity index (χ2n) is 4.60. The van der Waals surface area contributed by atoms with E-state index in [2.05, 4.69) is 19.2 Å². The fourth-order valence-electron chi connectivity index (χ4n) is 1.67. The number of unbranched alkanes of at least 4 members (excludes halogenated alkanes) is 3. The number of carbonyl (C=O) groups excluding carboxylic acids is 1. The maximum absolute atomic E-state index is 11.5. The molecular weight excluding hydrogens is 222 g/mol. The highest BCUT2D eigenvalue weighted by atomic mass is 16.1. The Bertz CT molecular complexity index is 379. The molecule has 0 unspecified atom stereocenters. The molecule has 1 aromatic rings. The average molecular weight is 245 g/mol. The molecule has 1 N–H and O–H groups in total. The van der Waals surface area contributed by atoms with Gasteiger partial charge in [-0.2, -0.15) is 0 Å². The van der Waals surface area contributed by atoms with E-state index in [9.17, 15) is 4.79 Å². The van der Waals surface area contributed by atoms with E-state index in [1.165, 1.54) is 24.8 Å². The van der Waals surface area contributed by atoms with Crippen molar-refractivity contribution in [2.24, 2.45) is 0 Å². The van der Waals surface area contributed by atoms with Crippen molar-refractivity contribution in [3.8, 4) is 0 Å². The first-order chi connectivity index (χ1) is 8.72. The van der Waals surface area contributed by atoms with Gasteiger partial charge in [-0.15, -0.1) is 0 Å². The topological polar surface area (TPSA) is 29.1 Å². The third kappa shape index (κ3) is 6.24. The maximum Gasteiger partial charge on any atom is 0.243 e. The van der Waals surface area contributed by atoms with Crippen molar-refractivity contribution in [1.82, 2.24) is 5.32 Å². The van der Waals surface area contributed by atoms with Crippen LogP contribution in [0, 0.1) is 6.92 Å². The van der Waals surface area contributed by atoms with Crippen LogP contribution in [0.5, 0.6) is 0 Å².